The molecule has 0 aliphatic heterocycles. The summed E-state index contributed by atoms with van der Waals surface area (Å²) in [5.41, 5.74) is 4.57. The number of carbonyl (C=O) groups is 1. The number of hydrogen-bond donors (Lipinski definition) is 3. The first-order valence-electron chi connectivity index (χ1n) is 8.84. The molecule has 0 aliphatic carbocycles. The van der Waals surface area contributed by atoms with Crippen molar-refractivity contribution in [2.75, 3.05) is 16.0 Å². The first-order chi connectivity index (χ1) is 13.3. The van der Waals surface area contributed by atoms with Gasteiger partial charge in [0, 0.05) is 24.4 Å². The molecule has 6 nitrogen and oxygen atoms in total. The van der Waals surface area contributed by atoms with Gasteiger partial charge in [-0.15, -0.1) is 0 Å². The Morgan fingerprint density at radius 2 is 1.50 bits per heavy atom. The minimum atomic E-state index is -0.104. The molecule has 2 aromatic carbocycles. The van der Waals surface area contributed by atoms with Gasteiger partial charge in [0.25, 0.3) is 0 Å². The molecule has 0 fully saturated rings. The molecule has 0 saturated carbocycles. The van der Waals surface area contributed by atoms with Crippen LogP contribution in [0.1, 0.15) is 23.9 Å². The molecule has 3 N–H and O–H groups in total. The molecule has 0 bridgehead atoms. The van der Waals surface area contributed by atoms with Crippen LogP contribution in [0, 0.1) is 20.8 Å². The van der Waals surface area contributed by atoms with Crippen molar-refractivity contribution in [3.8, 4) is 0 Å². The third kappa shape index (κ3) is 4.98. The molecule has 0 saturated heterocycles. The normalized spacial score (nSPS) is 10.5. The summed E-state index contributed by atoms with van der Waals surface area (Å²) in [5.74, 6) is 1.83. The SMILES string of the molecule is CC(=O)Nc1ccc(Nc2cc(Nc3c(C)cc(C)cc3Cl)nc(C)n2)cc1. The van der Waals surface area contributed by atoms with E-state index in [-0.39, 0.29) is 5.91 Å². The van der Waals surface area contributed by atoms with E-state index in [0.29, 0.717) is 22.5 Å². The highest BCUT2D eigenvalue weighted by molar-refractivity contribution is 6.33. The third-order valence-corrected chi connectivity index (χ3v) is 4.30. The zero-order valence-electron chi connectivity index (χ0n) is 16.2. The van der Waals surface area contributed by atoms with Crippen molar-refractivity contribution in [1.29, 1.82) is 0 Å². The van der Waals surface area contributed by atoms with Crippen molar-refractivity contribution < 1.29 is 4.79 Å². The number of anilines is 5. The highest BCUT2D eigenvalue weighted by atomic mass is 35.5. The van der Waals surface area contributed by atoms with Crippen molar-refractivity contribution in [2.45, 2.75) is 27.7 Å². The maximum atomic E-state index is 11.1. The van der Waals surface area contributed by atoms with Crippen molar-refractivity contribution >= 4 is 46.2 Å². The lowest BCUT2D eigenvalue weighted by atomic mass is 10.1. The number of rotatable bonds is 5. The Bertz CT molecular complexity index is 995. The number of nitrogens with one attached hydrogen (secondary N) is 3. The van der Waals surface area contributed by atoms with E-state index < -0.39 is 0 Å². The molecule has 1 amide bonds. The number of benzene rings is 2. The molecule has 0 atom stereocenters. The van der Waals surface area contributed by atoms with Crippen molar-refractivity contribution in [1.82, 2.24) is 9.97 Å². The van der Waals surface area contributed by atoms with Crippen LogP contribution in [0.15, 0.2) is 42.5 Å². The molecular formula is C21H22ClN5O. The van der Waals surface area contributed by atoms with Gasteiger partial charge in [0.15, 0.2) is 0 Å². The van der Waals surface area contributed by atoms with Crippen LogP contribution in [-0.4, -0.2) is 15.9 Å². The van der Waals surface area contributed by atoms with E-state index >= 15 is 0 Å². The van der Waals surface area contributed by atoms with Gasteiger partial charge in [0.1, 0.15) is 17.5 Å². The molecule has 0 aliphatic rings. The number of amides is 1. The smallest absolute Gasteiger partial charge is 0.221 e. The second kappa shape index (κ2) is 8.27. The Balaban J connectivity index is 1.81. The van der Waals surface area contributed by atoms with Gasteiger partial charge >= 0.3 is 0 Å². The van der Waals surface area contributed by atoms with Crippen LogP contribution in [0.2, 0.25) is 5.02 Å². The van der Waals surface area contributed by atoms with E-state index in [1.807, 2.05) is 57.2 Å². The van der Waals surface area contributed by atoms with Gasteiger partial charge in [-0.3, -0.25) is 4.79 Å². The van der Waals surface area contributed by atoms with Crippen LogP contribution in [0.4, 0.5) is 28.7 Å². The molecule has 0 unspecified atom stereocenters. The standard InChI is InChI=1S/C21H22ClN5O/c1-12-9-13(2)21(18(22)10-12)27-20-11-19(23-14(3)24-20)26-17-7-5-16(6-8-17)25-15(4)28/h5-11H,1-4H3,(H,25,28)(H2,23,24,26,27). The molecule has 144 valence electrons. The quantitative estimate of drug-likeness (QED) is 0.531. The Kier molecular flexibility index (Phi) is 5.80. The van der Waals surface area contributed by atoms with Crippen molar-refractivity contribution in [3.05, 3.63) is 64.4 Å². The lowest BCUT2D eigenvalue weighted by Crippen LogP contribution is -2.05. The van der Waals surface area contributed by atoms with E-state index in [0.717, 1.165) is 28.2 Å². The van der Waals surface area contributed by atoms with Gasteiger partial charge in [-0.1, -0.05) is 17.7 Å². The Hall–Kier alpha value is -3.12. The van der Waals surface area contributed by atoms with Crippen molar-refractivity contribution in [3.63, 3.8) is 0 Å². The monoisotopic (exact) mass is 395 g/mol. The number of halogens is 1. The Morgan fingerprint density at radius 3 is 2.11 bits per heavy atom. The average molecular weight is 396 g/mol. The molecule has 7 heteroatoms. The molecule has 3 rings (SSSR count). The minimum Gasteiger partial charge on any atom is -0.340 e. The molecule has 28 heavy (non-hydrogen) atoms. The molecular weight excluding hydrogens is 374 g/mol. The summed E-state index contributed by atoms with van der Waals surface area (Å²) >= 11 is 6.39. The summed E-state index contributed by atoms with van der Waals surface area (Å²) in [4.78, 5) is 20.0. The van der Waals surface area contributed by atoms with Gasteiger partial charge in [0.2, 0.25) is 5.91 Å². The maximum Gasteiger partial charge on any atom is 0.221 e. The minimum absolute atomic E-state index is 0.104. The summed E-state index contributed by atoms with van der Waals surface area (Å²) in [6.45, 7) is 7.33. The van der Waals surface area contributed by atoms with E-state index in [4.69, 9.17) is 11.6 Å². The number of carbonyl (C=O) groups excluding carboxylic acids is 1. The van der Waals surface area contributed by atoms with E-state index in [1.54, 1.807) is 0 Å². The zero-order valence-corrected chi connectivity index (χ0v) is 17.0. The number of aromatic nitrogens is 2. The highest BCUT2D eigenvalue weighted by Gasteiger charge is 2.09. The summed E-state index contributed by atoms with van der Waals surface area (Å²) in [7, 11) is 0. The first kappa shape index (κ1) is 19.6. The fraction of sp³-hybridized carbons (Fsp3) is 0.190. The number of hydrogen-bond acceptors (Lipinski definition) is 5. The van der Waals surface area contributed by atoms with Gasteiger partial charge < -0.3 is 16.0 Å². The Morgan fingerprint density at radius 1 is 0.893 bits per heavy atom. The van der Waals surface area contributed by atoms with Crippen LogP contribution >= 0.6 is 11.6 Å². The lowest BCUT2D eigenvalue weighted by molar-refractivity contribution is -0.114. The summed E-state index contributed by atoms with van der Waals surface area (Å²) in [5, 5.41) is 9.94. The summed E-state index contributed by atoms with van der Waals surface area (Å²) in [6, 6.07) is 13.2. The van der Waals surface area contributed by atoms with Crippen LogP contribution in [0.25, 0.3) is 0 Å². The topological polar surface area (TPSA) is 78.9 Å². The van der Waals surface area contributed by atoms with Gasteiger partial charge in [-0.2, -0.15) is 0 Å². The number of nitrogens with zero attached hydrogens (tertiary/aromatic N) is 2. The average Bonchev–Trinajstić information content (AvgIpc) is 2.59. The third-order valence-electron chi connectivity index (χ3n) is 4.00. The van der Waals surface area contributed by atoms with Crippen molar-refractivity contribution in [2.24, 2.45) is 0 Å². The van der Waals surface area contributed by atoms with Crippen LogP contribution in [0.5, 0.6) is 0 Å². The van der Waals surface area contributed by atoms with Gasteiger partial charge in [0.05, 0.1) is 10.7 Å². The predicted molar refractivity (Wildman–Crippen MR) is 115 cm³/mol. The fourth-order valence-corrected chi connectivity index (χ4v) is 3.25. The first-order valence-corrected chi connectivity index (χ1v) is 9.22. The van der Waals surface area contributed by atoms with E-state index in [2.05, 4.69) is 32.0 Å². The number of aryl methyl sites for hydroxylation is 3. The molecule has 0 spiro atoms. The van der Waals surface area contributed by atoms with Gasteiger partial charge in [-0.25, -0.2) is 9.97 Å². The lowest BCUT2D eigenvalue weighted by Gasteiger charge is -2.14. The summed E-state index contributed by atoms with van der Waals surface area (Å²) in [6.07, 6.45) is 0. The van der Waals surface area contributed by atoms with Crippen LogP contribution in [0.3, 0.4) is 0 Å². The van der Waals surface area contributed by atoms with Gasteiger partial charge in [-0.05, 0) is 62.2 Å². The maximum absolute atomic E-state index is 11.1. The fourth-order valence-electron chi connectivity index (χ4n) is 2.89. The van der Waals surface area contributed by atoms with Crippen LogP contribution < -0.4 is 16.0 Å². The largest absolute Gasteiger partial charge is 0.340 e. The second-order valence-corrected chi connectivity index (χ2v) is 7.04. The molecule has 1 heterocycles. The van der Waals surface area contributed by atoms with Crippen LogP contribution in [-0.2, 0) is 4.79 Å². The molecule has 0 radical (unpaired) electrons. The molecule has 1 aromatic heterocycles. The second-order valence-electron chi connectivity index (χ2n) is 6.63. The Labute approximate surface area is 169 Å². The van der Waals surface area contributed by atoms with E-state index in [9.17, 15) is 4.79 Å². The zero-order chi connectivity index (χ0) is 20.3. The van der Waals surface area contributed by atoms with E-state index in [1.165, 1.54) is 6.92 Å². The predicted octanol–water partition coefficient (Wildman–Crippen LogP) is 5.50. The summed E-state index contributed by atoms with van der Waals surface area (Å²) < 4.78 is 0. The molecule has 3 aromatic rings. The highest BCUT2D eigenvalue weighted by Crippen LogP contribution is 2.30.